The van der Waals surface area contributed by atoms with Crippen LogP contribution in [0.4, 0.5) is 11.4 Å². The van der Waals surface area contributed by atoms with E-state index in [1.165, 1.54) is 0 Å². The average Bonchev–Trinajstić information content (AvgIpc) is 2.43. The van der Waals surface area contributed by atoms with Gasteiger partial charge in [-0.2, -0.15) is 0 Å². The Morgan fingerprint density at radius 1 is 1.30 bits per heavy atom. The first-order valence-electron chi connectivity index (χ1n) is 6.07. The lowest BCUT2D eigenvalue weighted by atomic mass is 10.1. The van der Waals surface area contributed by atoms with Crippen LogP contribution in [0.5, 0.6) is 5.75 Å². The van der Waals surface area contributed by atoms with E-state index in [-0.39, 0.29) is 12.3 Å². The van der Waals surface area contributed by atoms with Crippen molar-refractivity contribution in [2.45, 2.75) is 6.42 Å². The highest BCUT2D eigenvalue weighted by atomic mass is 35.5. The van der Waals surface area contributed by atoms with Crippen LogP contribution in [0.15, 0.2) is 42.5 Å². The number of methoxy groups -OCH3 is 1. The number of rotatable bonds is 4. The summed E-state index contributed by atoms with van der Waals surface area (Å²) in [5.74, 6) is 0.503. The Morgan fingerprint density at radius 2 is 2.05 bits per heavy atom. The molecule has 5 heteroatoms. The highest BCUT2D eigenvalue weighted by Gasteiger charge is 2.10. The number of hydrogen-bond acceptors (Lipinski definition) is 3. The average molecular weight is 291 g/mol. The number of amides is 1. The van der Waals surface area contributed by atoms with Crippen LogP contribution in [0.25, 0.3) is 0 Å². The zero-order valence-corrected chi connectivity index (χ0v) is 11.8. The number of carbonyl (C=O) groups is 1. The summed E-state index contributed by atoms with van der Waals surface area (Å²) in [5, 5.41) is 3.20. The van der Waals surface area contributed by atoms with Gasteiger partial charge in [-0.25, -0.2) is 0 Å². The third kappa shape index (κ3) is 3.42. The van der Waals surface area contributed by atoms with Gasteiger partial charge in [-0.3, -0.25) is 4.79 Å². The number of ether oxygens (including phenoxy) is 1. The zero-order chi connectivity index (χ0) is 14.5. The van der Waals surface area contributed by atoms with Gasteiger partial charge < -0.3 is 15.8 Å². The molecule has 3 N–H and O–H groups in total. The maximum Gasteiger partial charge on any atom is 0.228 e. The summed E-state index contributed by atoms with van der Waals surface area (Å²) < 4.78 is 5.21. The summed E-state index contributed by atoms with van der Waals surface area (Å²) in [6.07, 6.45) is 0.204. The SMILES string of the molecule is COc1ccccc1CC(=O)Nc1cc(N)ccc1Cl. The van der Waals surface area contributed by atoms with E-state index in [0.717, 1.165) is 5.56 Å². The molecule has 0 aromatic heterocycles. The minimum Gasteiger partial charge on any atom is -0.496 e. The van der Waals surface area contributed by atoms with Gasteiger partial charge in [0, 0.05) is 11.3 Å². The van der Waals surface area contributed by atoms with Crippen molar-refractivity contribution in [2.75, 3.05) is 18.2 Å². The highest BCUT2D eigenvalue weighted by Crippen LogP contribution is 2.25. The smallest absolute Gasteiger partial charge is 0.228 e. The number of anilines is 2. The quantitative estimate of drug-likeness (QED) is 0.850. The molecule has 0 unspecified atom stereocenters. The minimum atomic E-state index is -0.179. The lowest BCUT2D eigenvalue weighted by molar-refractivity contribution is -0.115. The second-order valence-electron chi connectivity index (χ2n) is 4.28. The van der Waals surface area contributed by atoms with Gasteiger partial charge in [-0.1, -0.05) is 29.8 Å². The van der Waals surface area contributed by atoms with Crippen molar-refractivity contribution in [3.05, 3.63) is 53.1 Å². The molecule has 0 bridgehead atoms. The number of benzene rings is 2. The Bertz CT molecular complexity index is 629. The molecule has 20 heavy (non-hydrogen) atoms. The molecule has 0 aliphatic carbocycles. The van der Waals surface area contributed by atoms with Crippen LogP contribution in [0.3, 0.4) is 0 Å². The predicted molar refractivity (Wildman–Crippen MR) is 81.2 cm³/mol. The highest BCUT2D eigenvalue weighted by molar-refractivity contribution is 6.33. The number of para-hydroxylation sites is 1. The van der Waals surface area contributed by atoms with Gasteiger partial charge in [-0.05, 0) is 24.3 Å². The molecule has 104 valence electrons. The van der Waals surface area contributed by atoms with Gasteiger partial charge in [0.1, 0.15) is 5.75 Å². The van der Waals surface area contributed by atoms with Gasteiger partial charge in [-0.15, -0.1) is 0 Å². The second-order valence-corrected chi connectivity index (χ2v) is 4.68. The summed E-state index contributed by atoms with van der Waals surface area (Å²) >= 11 is 6.01. The Balaban J connectivity index is 2.11. The molecule has 0 aliphatic rings. The van der Waals surface area contributed by atoms with E-state index >= 15 is 0 Å². The van der Waals surface area contributed by atoms with Gasteiger partial charge in [0.15, 0.2) is 0 Å². The minimum absolute atomic E-state index is 0.179. The van der Waals surface area contributed by atoms with Crippen molar-refractivity contribution in [1.29, 1.82) is 0 Å². The number of nitrogens with two attached hydrogens (primary N) is 1. The van der Waals surface area contributed by atoms with E-state index in [4.69, 9.17) is 22.1 Å². The molecule has 0 spiro atoms. The maximum atomic E-state index is 12.0. The third-order valence-electron chi connectivity index (χ3n) is 2.81. The molecular weight excluding hydrogens is 276 g/mol. The number of carbonyl (C=O) groups excluding carboxylic acids is 1. The van der Waals surface area contributed by atoms with Crippen LogP contribution in [-0.2, 0) is 11.2 Å². The van der Waals surface area contributed by atoms with Crippen LogP contribution in [-0.4, -0.2) is 13.0 Å². The number of nitrogen functional groups attached to an aromatic ring is 1. The topological polar surface area (TPSA) is 64.3 Å². The van der Waals surface area contributed by atoms with Gasteiger partial charge in [0.25, 0.3) is 0 Å². The van der Waals surface area contributed by atoms with Crippen molar-refractivity contribution < 1.29 is 9.53 Å². The normalized spacial score (nSPS) is 10.1. The fourth-order valence-corrected chi connectivity index (χ4v) is 2.02. The Kier molecular flexibility index (Phi) is 4.48. The monoisotopic (exact) mass is 290 g/mol. The number of halogens is 1. The maximum absolute atomic E-state index is 12.0. The largest absolute Gasteiger partial charge is 0.496 e. The van der Waals surface area contributed by atoms with E-state index < -0.39 is 0 Å². The van der Waals surface area contributed by atoms with Crippen molar-refractivity contribution in [2.24, 2.45) is 0 Å². The molecule has 0 fully saturated rings. The standard InChI is InChI=1S/C15H15ClN2O2/c1-20-14-5-3-2-4-10(14)8-15(19)18-13-9-11(17)6-7-12(13)16/h2-7,9H,8,17H2,1H3,(H,18,19). The summed E-state index contributed by atoms with van der Waals surface area (Å²) in [6, 6.07) is 12.3. The molecule has 0 saturated heterocycles. The zero-order valence-electron chi connectivity index (χ0n) is 11.0. The molecule has 0 radical (unpaired) electrons. The van der Waals surface area contributed by atoms with E-state index in [1.54, 1.807) is 25.3 Å². The molecule has 0 aliphatic heterocycles. The molecular formula is C15H15ClN2O2. The summed E-state index contributed by atoms with van der Waals surface area (Å²) in [7, 11) is 1.57. The first-order valence-corrected chi connectivity index (χ1v) is 6.44. The van der Waals surface area contributed by atoms with E-state index in [0.29, 0.717) is 22.1 Å². The van der Waals surface area contributed by atoms with Crippen LogP contribution < -0.4 is 15.8 Å². The van der Waals surface area contributed by atoms with E-state index in [9.17, 15) is 4.79 Å². The first-order chi connectivity index (χ1) is 9.60. The molecule has 2 aromatic rings. The molecule has 1 amide bonds. The summed E-state index contributed by atoms with van der Waals surface area (Å²) in [4.78, 5) is 12.0. The van der Waals surface area contributed by atoms with Gasteiger partial charge >= 0.3 is 0 Å². The van der Waals surface area contributed by atoms with E-state index in [1.807, 2.05) is 24.3 Å². The van der Waals surface area contributed by atoms with Gasteiger partial charge in [0.05, 0.1) is 24.2 Å². The molecule has 0 atom stereocenters. The Labute approximate surface area is 122 Å². The summed E-state index contributed by atoms with van der Waals surface area (Å²) in [6.45, 7) is 0. The van der Waals surface area contributed by atoms with Crippen LogP contribution in [0.1, 0.15) is 5.56 Å². The fraction of sp³-hybridized carbons (Fsp3) is 0.133. The van der Waals surface area contributed by atoms with Crippen LogP contribution >= 0.6 is 11.6 Å². The first kappa shape index (κ1) is 14.2. The van der Waals surface area contributed by atoms with Crippen LogP contribution in [0.2, 0.25) is 5.02 Å². The lowest BCUT2D eigenvalue weighted by Gasteiger charge is -2.10. The van der Waals surface area contributed by atoms with E-state index in [2.05, 4.69) is 5.32 Å². The molecule has 0 saturated carbocycles. The Hall–Kier alpha value is -2.20. The van der Waals surface area contributed by atoms with Gasteiger partial charge in [0.2, 0.25) is 5.91 Å². The van der Waals surface area contributed by atoms with Crippen LogP contribution in [0, 0.1) is 0 Å². The van der Waals surface area contributed by atoms with Crippen molar-refractivity contribution in [3.63, 3.8) is 0 Å². The molecule has 2 rings (SSSR count). The fourth-order valence-electron chi connectivity index (χ4n) is 1.86. The third-order valence-corrected chi connectivity index (χ3v) is 3.14. The predicted octanol–water partition coefficient (Wildman–Crippen LogP) is 3.11. The number of nitrogens with one attached hydrogen (secondary N) is 1. The van der Waals surface area contributed by atoms with Crippen molar-refractivity contribution in [1.82, 2.24) is 0 Å². The van der Waals surface area contributed by atoms with Crippen molar-refractivity contribution in [3.8, 4) is 5.75 Å². The lowest BCUT2D eigenvalue weighted by Crippen LogP contribution is -2.15. The second kappa shape index (κ2) is 6.30. The number of hydrogen-bond donors (Lipinski definition) is 2. The molecule has 0 heterocycles. The molecule has 4 nitrogen and oxygen atoms in total. The summed E-state index contributed by atoms with van der Waals surface area (Å²) in [5.41, 5.74) is 7.53. The Morgan fingerprint density at radius 3 is 2.80 bits per heavy atom. The molecule has 2 aromatic carbocycles. The van der Waals surface area contributed by atoms with Crippen molar-refractivity contribution >= 4 is 28.9 Å².